The van der Waals surface area contributed by atoms with Crippen molar-refractivity contribution in [3.63, 3.8) is 0 Å². The molecule has 0 bridgehead atoms. The van der Waals surface area contributed by atoms with Gasteiger partial charge in [0.25, 0.3) is 0 Å². The van der Waals surface area contributed by atoms with Crippen LogP contribution in [0, 0.1) is 6.92 Å². The van der Waals surface area contributed by atoms with Gasteiger partial charge >= 0.3 is 0 Å². The van der Waals surface area contributed by atoms with Crippen LogP contribution in [0.5, 0.6) is 0 Å². The summed E-state index contributed by atoms with van der Waals surface area (Å²) in [5.74, 6) is 0. The zero-order valence-electron chi connectivity index (χ0n) is 16.6. The summed E-state index contributed by atoms with van der Waals surface area (Å²) in [5, 5.41) is 6.71. The standard InChI is InChI=1S/C26H20ClN3/c1-18-21(16-19-8-4-2-5-9-19)17-24-25(20-12-14-22(27)15-13-20)29-30(26(24)28-18)23-10-6-3-7-11-23/h2-15,17H,16H2,1H3. The van der Waals surface area contributed by atoms with E-state index in [1.165, 1.54) is 11.1 Å². The van der Waals surface area contributed by atoms with Gasteiger partial charge in [-0.3, -0.25) is 0 Å². The van der Waals surface area contributed by atoms with Gasteiger partial charge in [-0.15, -0.1) is 0 Å². The van der Waals surface area contributed by atoms with Gasteiger partial charge in [-0.25, -0.2) is 9.67 Å². The molecule has 0 aliphatic rings. The number of benzene rings is 3. The minimum absolute atomic E-state index is 0.712. The van der Waals surface area contributed by atoms with Crippen LogP contribution in [0.15, 0.2) is 91.0 Å². The number of para-hydroxylation sites is 1. The van der Waals surface area contributed by atoms with E-state index in [0.717, 1.165) is 40.1 Å². The maximum Gasteiger partial charge on any atom is 0.163 e. The summed E-state index contributed by atoms with van der Waals surface area (Å²) in [7, 11) is 0. The van der Waals surface area contributed by atoms with Crippen LogP contribution >= 0.6 is 11.6 Å². The first kappa shape index (κ1) is 18.6. The average molecular weight is 410 g/mol. The molecule has 0 unspecified atom stereocenters. The van der Waals surface area contributed by atoms with Crippen molar-refractivity contribution in [2.45, 2.75) is 13.3 Å². The highest BCUT2D eigenvalue weighted by Gasteiger charge is 2.17. The van der Waals surface area contributed by atoms with Crippen LogP contribution in [0.3, 0.4) is 0 Å². The molecule has 0 saturated heterocycles. The van der Waals surface area contributed by atoms with Gasteiger partial charge < -0.3 is 0 Å². The summed E-state index contributed by atoms with van der Waals surface area (Å²) in [6.07, 6.45) is 0.839. The van der Waals surface area contributed by atoms with Crippen molar-refractivity contribution in [1.82, 2.24) is 14.8 Å². The highest BCUT2D eigenvalue weighted by molar-refractivity contribution is 6.30. The topological polar surface area (TPSA) is 30.7 Å². The van der Waals surface area contributed by atoms with Gasteiger partial charge in [-0.05, 0) is 54.8 Å². The Labute approximate surface area is 180 Å². The number of aromatic nitrogens is 3. The van der Waals surface area contributed by atoms with E-state index >= 15 is 0 Å². The van der Waals surface area contributed by atoms with Crippen molar-refractivity contribution < 1.29 is 0 Å². The van der Waals surface area contributed by atoms with Crippen molar-refractivity contribution in [1.29, 1.82) is 0 Å². The fourth-order valence-electron chi connectivity index (χ4n) is 3.74. The van der Waals surface area contributed by atoms with E-state index in [1.54, 1.807) is 0 Å². The second-order valence-corrected chi connectivity index (χ2v) is 7.81. The molecule has 5 aromatic rings. The average Bonchev–Trinajstić information content (AvgIpc) is 3.14. The fourth-order valence-corrected chi connectivity index (χ4v) is 3.86. The number of hydrogen-bond donors (Lipinski definition) is 0. The Morgan fingerprint density at radius 1 is 0.833 bits per heavy atom. The Balaban J connectivity index is 1.72. The van der Waals surface area contributed by atoms with E-state index in [4.69, 9.17) is 21.7 Å². The summed E-state index contributed by atoms with van der Waals surface area (Å²) in [4.78, 5) is 4.99. The molecule has 30 heavy (non-hydrogen) atoms. The largest absolute Gasteiger partial charge is 0.233 e. The first-order valence-corrected chi connectivity index (χ1v) is 10.3. The number of hydrogen-bond acceptors (Lipinski definition) is 2. The van der Waals surface area contributed by atoms with Gasteiger partial charge in [0, 0.05) is 21.7 Å². The first-order chi connectivity index (χ1) is 14.7. The van der Waals surface area contributed by atoms with Gasteiger partial charge in [-0.2, -0.15) is 5.10 Å². The number of fused-ring (bicyclic) bond motifs is 1. The Morgan fingerprint density at radius 3 is 2.20 bits per heavy atom. The molecular weight excluding hydrogens is 390 g/mol. The van der Waals surface area contributed by atoms with Crippen LogP contribution in [-0.2, 0) is 6.42 Å². The molecule has 0 amide bonds. The molecule has 0 saturated carbocycles. The molecule has 146 valence electrons. The minimum atomic E-state index is 0.712. The maximum atomic E-state index is 6.12. The highest BCUT2D eigenvalue weighted by atomic mass is 35.5. The van der Waals surface area contributed by atoms with Gasteiger partial charge in [0.1, 0.15) is 5.69 Å². The molecule has 4 heteroatoms. The van der Waals surface area contributed by atoms with Crippen molar-refractivity contribution in [2.24, 2.45) is 0 Å². The Kier molecular flexibility index (Phi) is 4.82. The van der Waals surface area contributed by atoms with Crippen molar-refractivity contribution in [2.75, 3.05) is 0 Å². The normalized spacial score (nSPS) is 11.1. The zero-order valence-corrected chi connectivity index (χ0v) is 17.3. The van der Waals surface area contributed by atoms with Crippen LogP contribution in [-0.4, -0.2) is 14.8 Å². The van der Waals surface area contributed by atoms with Gasteiger partial charge in [-0.1, -0.05) is 72.3 Å². The van der Waals surface area contributed by atoms with Crippen molar-refractivity contribution >= 4 is 22.6 Å². The van der Waals surface area contributed by atoms with E-state index in [-0.39, 0.29) is 0 Å². The fraction of sp³-hybridized carbons (Fsp3) is 0.0769. The lowest BCUT2D eigenvalue weighted by atomic mass is 10.0. The van der Waals surface area contributed by atoms with Crippen molar-refractivity contribution in [3.8, 4) is 16.9 Å². The smallest absolute Gasteiger partial charge is 0.163 e. The predicted octanol–water partition coefficient (Wildman–Crippen LogP) is 6.64. The monoisotopic (exact) mass is 409 g/mol. The lowest BCUT2D eigenvalue weighted by molar-refractivity contribution is 0.896. The molecule has 0 atom stereocenters. The number of halogens is 1. The van der Waals surface area contributed by atoms with Crippen LogP contribution < -0.4 is 0 Å². The molecule has 0 fully saturated rings. The lowest BCUT2D eigenvalue weighted by Crippen LogP contribution is -2.00. The number of aryl methyl sites for hydroxylation is 1. The van der Waals surface area contributed by atoms with E-state index in [1.807, 2.05) is 65.3 Å². The zero-order chi connectivity index (χ0) is 20.5. The Hall–Kier alpha value is -3.43. The highest BCUT2D eigenvalue weighted by Crippen LogP contribution is 2.31. The number of rotatable bonds is 4. The molecule has 2 heterocycles. The van der Waals surface area contributed by atoms with E-state index < -0.39 is 0 Å². The minimum Gasteiger partial charge on any atom is -0.233 e. The molecule has 0 aliphatic heterocycles. The van der Waals surface area contributed by atoms with Crippen LogP contribution in [0.4, 0.5) is 0 Å². The maximum absolute atomic E-state index is 6.12. The summed E-state index contributed by atoms with van der Waals surface area (Å²) >= 11 is 6.12. The van der Waals surface area contributed by atoms with Crippen LogP contribution in [0.25, 0.3) is 28.0 Å². The number of pyridine rings is 1. The molecule has 0 radical (unpaired) electrons. The molecule has 3 aromatic carbocycles. The van der Waals surface area contributed by atoms with Gasteiger partial charge in [0.15, 0.2) is 5.65 Å². The molecule has 3 nitrogen and oxygen atoms in total. The van der Waals surface area contributed by atoms with E-state index in [0.29, 0.717) is 5.02 Å². The summed E-state index contributed by atoms with van der Waals surface area (Å²) in [6, 6.07) is 30.7. The first-order valence-electron chi connectivity index (χ1n) is 9.93. The Morgan fingerprint density at radius 2 is 1.50 bits per heavy atom. The predicted molar refractivity (Wildman–Crippen MR) is 123 cm³/mol. The second kappa shape index (κ2) is 7.77. The molecule has 2 aromatic heterocycles. The molecule has 0 aliphatic carbocycles. The molecular formula is C26H20ClN3. The summed E-state index contributed by atoms with van der Waals surface area (Å²) < 4.78 is 1.93. The molecule has 0 spiro atoms. The molecule has 5 rings (SSSR count). The summed E-state index contributed by atoms with van der Waals surface area (Å²) in [6.45, 7) is 2.07. The third-order valence-corrected chi connectivity index (χ3v) is 5.56. The van der Waals surface area contributed by atoms with Crippen molar-refractivity contribution in [3.05, 3.63) is 113 Å². The third kappa shape index (κ3) is 3.49. The lowest BCUT2D eigenvalue weighted by Gasteiger charge is -2.08. The van der Waals surface area contributed by atoms with E-state index in [2.05, 4.69) is 37.3 Å². The number of nitrogens with zero attached hydrogens (tertiary/aromatic N) is 3. The van der Waals surface area contributed by atoms with E-state index in [9.17, 15) is 0 Å². The second-order valence-electron chi connectivity index (χ2n) is 7.37. The molecule has 0 N–H and O–H groups in total. The van der Waals surface area contributed by atoms with Gasteiger partial charge in [0.2, 0.25) is 0 Å². The van der Waals surface area contributed by atoms with Crippen LogP contribution in [0.2, 0.25) is 5.02 Å². The SMILES string of the molecule is Cc1nc2c(cc1Cc1ccccc1)c(-c1ccc(Cl)cc1)nn2-c1ccccc1. The summed E-state index contributed by atoms with van der Waals surface area (Å²) in [5.41, 5.74) is 7.28. The van der Waals surface area contributed by atoms with Crippen LogP contribution in [0.1, 0.15) is 16.8 Å². The van der Waals surface area contributed by atoms with Gasteiger partial charge in [0.05, 0.1) is 5.69 Å². The quantitative estimate of drug-likeness (QED) is 0.333. The third-order valence-electron chi connectivity index (χ3n) is 5.31. The Bertz CT molecular complexity index is 1310.